The predicted molar refractivity (Wildman–Crippen MR) is 107 cm³/mol. The molecular weight excluding hydrogens is 360 g/mol. The summed E-state index contributed by atoms with van der Waals surface area (Å²) < 4.78 is 5.12. The highest BCUT2D eigenvalue weighted by atomic mass is 32.1. The van der Waals surface area contributed by atoms with E-state index in [2.05, 4.69) is 33.9 Å². The summed E-state index contributed by atoms with van der Waals surface area (Å²) in [7, 11) is 0. The van der Waals surface area contributed by atoms with E-state index in [-0.39, 0.29) is 6.09 Å². The number of nitrogens with zero attached hydrogens (tertiary/aromatic N) is 4. The molecule has 6 nitrogen and oxygen atoms in total. The zero-order valence-electron chi connectivity index (χ0n) is 15.1. The number of hydrogen-bond donors (Lipinski definition) is 0. The average molecular weight is 380 g/mol. The number of amides is 1. The van der Waals surface area contributed by atoms with Crippen LogP contribution in [0.1, 0.15) is 22.9 Å². The molecule has 4 heterocycles. The maximum atomic E-state index is 12.0. The average Bonchev–Trinajstić information content (AvgIpc) is 3.32. The quantitative estimate of drug-likeness (QED) is 0.692. The number of carbonyl (C=O) groups excluding carboxylic acids is 1. The minimum atomic E-state index is -0.242. The largest absolute Gasteiger partial charge is 0.447 e. The zero-order valence-corrected chi connectivity index (χ0v) is 16.0. The Morgan fingerprint density at radius 2 is 2.19 bits per heavy atom. The molecule has 0 aliphatic carbocycles. The Labute approximate surface area is 161 Å². The lowest BCUT2D eigenvalue weighted by Crippen LogP contribution is -2.33. The molecule has 3 aromatic rings. The second-order valence-corrected chi connectivity index (χ2v) is 7.95. The molecule has 0 spiro atoms. The van der Waals surface area contributed by atoms with E-state index in [1.54, 1.807) is 22.6 Å². The van der Waals surface area contributed by atoms with E-state index in [0.717, 1.165) is 47.7 Å². The van der Waals surface area contributed by atoms with Crippen LogP contribution in [-0.2, 0) is 24.1 Å². The molecule has 1 aromatic carbocycles. The summed E-state index contributed by atoms with van der Waals surface area (Å²) in [5, 5.41) is 1.14. The molecule has 0 N–H and O–H groups in total. The van der Waals surface area contributed by atoms with Crippen LogP contribution in [-0.4, -0.2) is 35.8 Å². The van der Waals surface area contributed by atoms with Gasteiger partial charge < -0.3 is 9.64 Å². The van der Waals surface area contributed by atoms with Crippen LogP contribution in [0.15, 0.2) is 30.6 Å². The molecule has 1 amide bonds. The van der Waals surface area contributed by atoms with Gasteiger partial charge in [0.25, 0.3) is 0 Å². The van der Waals surface area contributed by atoms with Crippen molar-refractivity contribution in [2.45, 2.75) is 26.3 Å². The van der Waals surface area contributed by atoms with E-state index in [0.29, 0.717) is 13.2 Å². The normalized spacial score (nSPS) is 16.7. The van der Waals surface area contributed by atoms with Crippen molar-refractivity contribution < 1.29 is 9.53 Å². The predicted octanol–water partition coefficient (Wildman–Crippen LogP) is 3.77. The number of aromatic nitrogens is 2. The van der Waals surface area contributed by atoms with E-state index in [1.165, 1.54) is 16.0 Å². The number of carbonyl (C=O) groups is 1. The van der Waals surface area contributed by atoms with Gasteiger partial charge in [-0.05, 0) is 36.1 Å². The molecule has 1 fully saturated rings. The number of fused-ring (bicyclic) bond motifs is 2. The molecule has 138 valence electrons. The lowest BCUT2D eigenvalue weighted by molar-refractivity contribution is 0.181. The van der Waals surface area contributed by atoms with Crippen molar-refractivity contribution in [1.82, 2.24) is 9.97 Å². The van der Waals surface area contributed by atoms with Gasteiger partial charge in [0.1, 0.15) is 23.6 Å². The summed E-state index contributed by atoms with van der Waals surface area (Å²) in [6, 6.07) is 8.42. The molecule has 0 unspecified atom stereocenters. The molecular formula is C20H20N4O2S. The first-order valence-corrected chi connectivity index (χ1v) is 10.1. The number of aryl methyl sites for hydroxylation is 1. The van der Waals surface area contributed by atoms with Gasteiger partial charge in [0.05, 0.1) is 17.6 Å². The summed E-state index contributed by atoms with van der Waals surface area (Å²) in [6.45, 7) is 4.91. The molecule has 0 bridgehead atoms. The minimum absolute atomic E-state index is 0.242. The van der Waals surface area contributed by atoms with Crippen LogP contribution < -0.4 is 9.80 Å². The minimum Gasteiger partial charge on any atom is -0.447 e. The summed E-state index contributed by atoms with van der Waals surface area (Å²) in [5.41, 5.74) is 3.49. The Hall–Kier alpha value is -2.67. The Bertz CT molecular complexity index is 1030. The maximum Gasteiger partial charge on any atom is 0.414 e. The maximum absolute atomic E-state index is 12.0. The number of hydrogen-bond acceptors (Lipinski definition) is 6. The second-order valence-electron chi connectivity index (χ2n) is 6.83. The van der Waals surface area contributed by atoms with Crippen molar-refractivity contribution in [1.29, 1.82) is 0 Å². The zero-order chi connectivity index (χ0) is 18.4. The van der Waals surface area contributed by atoms with E-state index in [4.69, 9.17) is 4.74 Å². The number of anilines is 2. The number of thiophene rings is 1. The molecule has 0 atom stereocenters. The van der Waals surface area contributed by atoms with E-state index >= 15 is 0 Å². The summed E-state index contributed by atoms with van der Waals surface area (Å²) in [6.07, 6.45) is 3.32. The molecule has 0 radical (unpaired) electrons. The molecule has 2 aliphatic heterocycles. The van der Waals surface area contributed by atoms with Crippen LogP contribution in [0.25, 0.3) is 10.2 Å². The van der Waals surface area contributed by atoms with Crippen LogP contribution >= 0.6 is 11.3 Å². The van der Waals surface area contributed by atoms with Crippen LogP contribution in [0.2, 0.25) is 0 Å². The van der Waals surface area contributed by atoms with Gasteiger partial charge in [-0.1, -0.05) is 19.1 Å². The first kappa shape index (κ1) is 16.5. The fourth-order valence-corrected chi connectivity index (χ4v) is 4.88. The first-order valence-electron chi connectivity index (χ1n) is 9.28. The highest BCUT2D eigenvalue weighted by Gasteiger charge is 2.29. The van der Waals surface area contributed by atoms with Gasteiger partial charge in [-0.15, -0.1) is 11.3 Å². The van der Waals surface area contributed by atoms with Gasteiger partial charge in [0.2, 0.25) is 0 Å². The lowest BCUT2D eigenvalue weighted by Gasteiger charge is -2.32. The summed E-state index contributed by atoms with van der Waals surface area (Å²) in [4.78, 5) is 27.5. The Morgan fingerprint density at radius 3 is 3.00 bits per heavy atom. The van der Waals surface area contributed by atoms with Gasteiger partial charge in [-0.3, -0.25) is 4.90 Å². The third kappa shape index (κ3) is 2.73. The Kier molecular flexibility index (Phi) is 3.97. The van der Waals surface area contributed by atoms with Gasteiger partial charge in [-0.2, -0.15) is 0 Å². The van der Waals surface area contributed by atoms with Crippen LogP contribution in [0.5, 0.6) is 0 Å². The smallest absolute Gasteiger partial charge is 0.414 e. The fourth-order valence-electron chi connectivity index (χ4n) is 3.95. The second kappa shape index (κ2) is 6.49. The highest BCUT2D eigenvalue weighted by molar-refractivity contribution is 7.18. The van der Waals surface area contributed by atoms with Crippen molar-refractivity contribution in [2.75, 3.05) is 29.5 Å². The molecule has 2 aliphatic rings. The van der Waals surface area contributed by atoms with E-state index < -0.39 is 0 Å². The molecule has 7 heteroatoms. The molecule has 2 aromatic heterocycles. The lowest BCUT2D eigenvalue weighted by atomic mass is 9.97. The molecule has 0 saturated carbocycles. The van der Waals surface area contributed by atoms with Crippen LogP contribution in [0.4, 0.5) is 16.3 Å². The third-order valence-corrected chi connectivity index (χ3v) is 6.49. The number of ether oxygens (including phenoxy) is 1. The van der Waals surface area contributed by atoms with E-state index in [9.17, 15) is 4.79 Å². The van der Waals surface area contributed by atoms with Crippen molar-refractivity contribution in [3.63, 3.8) is 0 Å². The summed E-state index contributed by atoms with van der Waals surface area (Å²) in [5.74, 6) is 1.01. The van der Waals surface area contributed by atoms with Crippen LogP contribution in [0, 0.1) is 0 Å². The molecule has 5 rings (SSSR count). The van der Waals surface area contributed by atoms with Gasteiger partial charge in [-0.25, -0.2) is 14.8 Å². The highest BCUT2D eigenvalue weighted by Crippen LogP contribution is 2.35. The topological polar surface area (TPSA) is 58.6 Å². The first-order chi connectivity index (χ1) is 13.2. The van der Waals surface area contributed by atoms with Crippen LogP contribution in [0.3, 0.4) is 0 Å². The van der Waals surface area contributed by atoms with Crippen molar-refractivity contribution in [2.24, 2.45) is 0 Å². The van der Waals surface area contributed by atoms with Gasteiger partial charge >= 0.3 is 6.09 Å². The fraction of sp³-hybridized carbons (Fsp3) is 0.350. The number of benzene rings is 1. The van der Waals surface area contributed by atoms with Crippen molar-refractivity contribution in [3.05, 3.63) is 46.6 Å². The van der Waals surface area contributed by atoms with Crippen molar-refractivity contribution >= 4 is 39.2 Å². The Balaban J connectivity index is 1.50. The number of cyclic esters (lactones) is 1. The standard InChI is InChI=1S/C20H20N4O2S/c1-2-14-10-16-18(21-12-22-19(16)27-14)23-7-6-15-13(11-23)4-3-5-17(15)24-8-9-26-20(24)25/h3-5,10,12H,2,6-9,11H2,1H3. The summed E-state index contributed by atoms with van der Waals surface area (Å²) >= 11 is 1.74. The number of rotatable bonds is 3. The third-order valence-electron chi connectivity index (χ3n) is 5.30. The molecule has 1 saturated heterocycles. The SMILES string of the molecule is CCc1cc2c(N3CCc4c(cccc4N4CCOC4=O)C3)ncnc2s1. The van der Waals surface area contributed by atoms with Crippen molar-refractivity contribution in [3.8, 4) is 0 Å². The van der Waals surface area contributed by atoms with E-state index in [1.807, 2.05) is 12.1 Å². The Morgan fingerprint density at radius 1 is 1.26 bits per heavy atom. The monoisotopic (exact) mass is 380 g/mol. The molecule has 27 heavy (non-hydrogen) atoms. The van der Waals surface area contributed by atoms with Gasteiger partial charge in [0, 0.05) is 18.0 Å². The van der Waals surface area contributed by atoms with Gasteiger partial charge in [0.15, 0.2) is 0 Å².